The lowest BCUT2D eigenvalue weighted by atomic mass is 9.91. The maximum absolute atomic E-state index is 12.1. The van der Waals surface area contributed by atoms with Crippen LogP contribution < -0.4 is 11.1 Å². The summed E-state index contributed by atoms with van der Waals surface area (Å²) < 4.78 is 0. The van der Waals surface area contributed by atoms with Crippen LogP contribution in [0.5, 0.6) is 0 Å². The normalized spacial score (nSPS) is 17.5. The first-order valence-electron chi connectivity index (χ1n) is 7.80. The molecule has 1 aliphatic heterocycles. The van der Waals surface area contributed by atoms with Crippen LogP contribution in [-0.2, 0) is 16.6 Å². The SMILES string of the molecule is Cc1cc(N)cc(C)c1Cc1ccc2c(c1)C1(CC1)C(=O)N2. The molecule has 3 N–H and O–H groups in total. The highest BCUT2D eigenvalue weighted by Gasteiger charge is 2.56. The Morgan fingerprint density at radius 2 is 1.82 bits per heavy atom. The maximum Gasteiger partial charge on any atom is 0.235 e. The highest BCUT2D eigenvalue weighted by molar-refractivity contribution is 6.08. The van der Waals surface area contributed by atoms with Gasteiger partial charge in [-0.15, -0.1) is 0 Å². The monoisotopic (exact) mass is 292 g/mol. The number of nitrogens with two attached hydrogens (primary N) is 1. The van der Waals surface area contributed by atoms with E-state index in [-0.39, 0.29) is 11.3 Å². The maximum atomic E-state index is 12.1. The van der Waals surface area contributed by atoms with Gasteiger partial charge in [0.25, 0.3) is 0 Å². The molecule has 0 saturated heterocycles. The van der Waals surface area contributed by atoms with Crippen molar-refractivity contribution in [3.63, 3.8) is 0 Å². The van der Waals surface area contributed by atoms with E-state index >= 15 is 0 Å². The summed E-state index contributed by atoms with van der Waals surface area (Å²) in [5, 5.41) is 3.02. The second-order valence-electron chi connectivity index (χ2n) is 6.73. The minimum Gasteiger partial charge on any atom is -0.399 e. The number of carbonyl (C=O) groups excluding carboxylic acids is 1. The van der Waals surface area contributed by atoms with Crippen LogP contribution in [0.2, 0.25) is 0 Å². The van der Waals surface area contributed by atoms with Gasteiger partial charge in [0, 0.05) is 11.4 Å². The lowest BCUT2D eigenvalue weighted by Gasteiger charge is -2.13. The number of aryl methyl sites for hydroxylation is 2. The van der Waals surface area contributed by atoms with E-state index in [1.165, 1.54) is 27.8 Å². The first-order valence-corrected chi connectivity index (χ1v) is 7.80. The molecule has 1 fully saturated rings. The Kier molecular flexibility index (Phi) is 2.65. The van der Waals surface area contributed by atoms with Crippen molar-refractivity contribution < 1.29 is 4.79 Å². The molecular weight excluding hydrogens is 272 g/mol. The van der Waals surface area contributed by atoms with Gasteiger partial charge in [-0.2, -0.15) is 0 Å². The fourth-order valence-electron chi connectivity index (χ4n) is 3.70. The van der Waals surface area contributed by atoms with Crippen molar-refractivity contribution >= 4 is 17.3 Å². The highest BCUT2D eigenvalue weighted by Crippen LogP contribution is 2.55. The summed E-state index contributed by atoms with van der Waals surface area (Å²) in [6, 6.07) is 10.5. The number of fused-ring (bicyclic) bond motifs is 2. The number of benzene rings is 2. The van der Waals surface area contributed by atoms with Gasteiger partial charge in [0.15, 0.2) is 0 Å². The van der Waals surface area contributed by atoms with Crippen LogP contribution in [0.25, 0.3) is 0 Å². The Balaban J connectivity index is 1.72. The third kappa shape index (κ3) is 1.85. The van der Waals surface area contributed by atoms with Crippen LogP contribution in [0.4, 0.5) is 11.4 Å². The van der Waals surface area contributed by atoms with Crippen molar-refractivity contribution in [1.82, 2.24) is 0 Å². The van der Waals surface area contributed by atoms with E-state index in [0.29, 0.717) is 0 Å². The molecule has 0 aromatic heterocycles. The molecule has 22 heavy (non-hydrogen) atoms. The minimum absolute atomic E-state index is 0.180. The Bertz CT molecular complexity index is 780. The van der Waals surface area contributed by atoms with Gasteiger partial charge in [-0.05, 0) is 79.1 Å². The Morgan fingerprint density at radius 1 is 1.14 bits per heavy atom. The number of amides is 1. The first-order chi connectivity index (χ1) is 10.5. The summed E-state index contributed by atoms with van der Waals surface area (Å²) in [4.78, 5) is 12.1. The molecule has 0 unspecified atom stereocenters. The van der Waals surface area contributed by atoms with Gasteiger partial charge < -0.3 is 11.1 Å². The van der Waals surface area contributed by atoms with Gasteiger partial charge in [0.2, 0.25) is 5.91 Å². The fourth-order valence-corrected chi connectivity index (χ4v) is 3.70. The highest BCUT2D eigenvalue weighted by atomic mass is 16.2. The summed E-state index contributed by atoms with van der Waals surface area (Å²) in [5.74, 6) is 0.180. The third-order valence-corrected chi connectivity index (χ3v) is 5.13. The summed E-state index contributed by atoms with van der Waals surface area (Å²) in [6.45, 7) is 4.22. The number of hydrogen-bond donors (Lipinski definition) is 2. The fraction of sp³-hybridized carbons (Fsp3) is 0.316. The van der Waals surface area contributed by atoms with E-state index in [1.807, 2.05) is 12.1 Å². The van der Waals surface area contributed by atoms with Crippen LogP contribution in [0.3, 0.4) is 0 Å². The van der Waals surface area contributed by atoms with Gasteiger partial charge in [0.1, 0.15) is 0 Å². The molecule has 1 saturated carbocycles. The second kappa shape index (κ2) is 4.35. The number of hydrogen-bond acceptors (Lipinski definition) is 2. The Hall–Kier alpha value is -2.29. The van der Waals surface area contributed by atoms with Gasteiger partial charge in [-0.1, -0.05) is 12.1 Å². The van der Waals surface area contributed by atoms with Crippen LogP contribution in [0, 0.1) is 13.8 Å². The van der Waals surface area contributed by atoms with E-state index in [0.717, 1.165) is 30.6 Å². The number of nitrogen functional groups attached to an aromatic ring is 1. The Morgan fingerprint density at radius 3 is 2.45 bits per heavy atom. The minimum atomic E-state index is -0.212. The standard InChI is InChI=1S/C19H20N2O/c1-11-7-14(20)8-12(2)15(11)9-13-3-4-17-16(10-13)19(5-6-19)18(22)21-17/h3-4,7-8,10H,5-6,9,20H2,1-2H3,(H,21,22). The van der Waals surface area contributed by atoms with Gasteiger partial charge >= 0.3 is 0 Å². The predicted molar refractivity (Wildman–Crippen MR) is 89.1 cm³/mol. The summed E-state index contributed by atoms with van der Waals surface area (Å²) in [6.07, 6.45) is 2.85. The molecule has 0 radical (unpaired) electrons. The molecule has 112 valence electrons. The zero-order valence-electron chi connectivity index (χ0n) is 13.0. The van der Waals surface area contributed by atoms with Crippen molar-refractivity contribution in [2.24, 2.45) is 0 Å². The molecule has 1 heterocycles. The zero-order valence-corrected chi connectivity index (χ0v) is 13.0. The average molecular weight is 292 g/mol. The lowest BCUT2D eigenvalue weighted by Crippen LogP contribution is -2.18. The quantitative estimate of drug-likeness (QED) is 0.833. The molecule has 2 aromatic carbocycles. The molecule has 3 nitrogen and oxygen atoms in total. The Labute approximate surface area is 130 Å². The number of rotatable bonds is 2. The molecule has 3 heteroatoms. The first kappa shape index (κ1) is 13.4. The van der Waals surface area contributed by atoms with Crippen molar-refractivity contribution in [2.45, 2.75) is 38.5 Å². The van der Waals surface area contributed by atoms with Gasteiger partial charge in [0.05, 0.1) is 5.41 Å². The molecule has 1 spiro atoms. The number of carbonyl (C=O) groups is 1. The number of anilines is 2. The van der Waals surface area contributed by atoms with Crippen molar-refractivity contribution in [3.05, 3.63) is 58.1 Å². The van der Waals surface area contributed by atoms with E-state index in [2.05, 4.69) is 37.4 Å². The molecule has 0 bridgehead atoms. The average Bonchev–Trinajstić information content (AvgIpc) is 3.20. The molecule has 2 aromatic rings. The predicted octanol–water partition coefficient (Wildman–Crippen LogP) is 3.46. The summed E-state index contributed by atoms with van der Waals surface area (Å²) in [5.41, 5.74) is 13.8. The number of nitrogens with one attached hydrogen (secondary N) is 1. The molecule has 1 amide bonds. The van der Waals surface area contributed by atoms with Gasteiger partial charge in [-0.25, -0.2) is 0 Å². The summed E-state index contributed by atoms with van der Waals surface area (Å²) in [7, 11) is 0. The van der Waals surface area contributed by atoms with E-state index in [4.69, 9.17) is 5.73 Å². The van der Waals surface area contributed by atoms with Crippen LogP contribution >= 0.6 is 0 Å². The van der Waals surface area contributed by atoms with E-state index in [9.17, 15) is 4.79 Å². The van der Waals surface area contributed by atoms with Gasteiger partial charge in [-0.3, -0.25) is 4.79 Å². The largest absolute Gasteiger partial charge is 0.399 e. The van der Waals surface area contributed by atoms with Crippen LogP contribution in [0.15, 0.2) is 30.3 Å². The molecule has 4 rings (SSSR count). The zero-order chi connectivity index (χ0) is 15.5. The molecule has 2 aliphatic rings. The van der Waals surface area contributed by atoms with Crippen molar-refractivity contribution in [1.29, 1.82) is 0 Å². The van der Waals surface area contributed by atoms with E-state index < -0.39 is 0 Å². The summed E-state index contributed by atoms with van der Waals surface area (Å²) >= 11 is 0. The van der Waals surface area contributed by atoms with Crippen LogP contribution in [-0.4, -0.2) is 5.91 Å². The molecular formula is C19H20N2O. The van der Waals surface area contributed by atoms with Crippen molar-refractivity contribution in [2.75, 3.05) is 11.1 Å². The second-order valence-corrected chi connectivity index (χ2v) is 6.73. The topological polar surface area (TPSA) is 55.1 Å². The third-order valence-electron chi connectivity index (χ3n) is 5.13. The van der Waals surface area contributed by atoms with Crippen LogP contribution in [0.1, 0.15) is 40.7 Å². The van der Waals surface area contributed by atoms with Crippen molar-refractivity contribution in [3.8, 4) is 0 Å². The molecule has 0 atom stereocenters. The smallest absolute Gasteiger partial charge is 0.235 e. The van der Waals surface area contributed by atoms with E-state index in [1.54, 1.807) is 0 Å². The molecule has 1 aliphatic carbocycles. The lowest BCUT2D eigenvalue weighted by molar-refractivity contribution is -0.117.